The van der Waals surface area contributed by atoms with Crippen molar-refractivity contribution in [2.45, 2.75) is 50.4 Å². The zero-order valence-corrected chi connectivity index (χ0v) is 22.3. The summed E-state index contributed by atoms with van der Waals surface area (Å²) in [7, 11) is 0. The zero-order chi connectivity index (χ0) is 27.4. The minimum Gasteiger partial charge on any atom is -0.348 e. The molecule has 10 heteroatoms. The van der Waals surface area contributed by atoms with Gasteiger partial charge in [-0.05, 0) is 43.4 Å². The number of nitrogens with one attached hydrogen (secondary N) is 1. The van der Waals surface area contributed by atoms with Crippen LogP contribution in [0.25, 0.3) is 0 Å². The van der Waals surface area contributed by atoms with Gasteiger partial charge in [0.2, 0.25) is 0 Å². The number of piperidine rings is 2. The van der Waals surface area contributed by atoms with E-state index in [1.165, 1.54) is 40.0 Å². The number of carbonyl (C=O) groups excluding carboxylic acids is 2. The molecule has 3 heterocycles. The Labute approximate surface area is 229 Å². The highest BCUT2D eigenvalue weighted by Crippen LogP contribution is 2.34. The predicted octanol–water partition coefficient (Wildman–Crippen LogP) is 5.58. The third kappa shape index (κ3) is 6.67. The van der Waals surface area contributed by atoms with Crippen molar-refractivity contribution < 1.29 is 22.8 Å². The summed E-state index contributed by atoms with van der Waals surface area (Å²) in [5, 5.41) is 5.73. The Morgan fingerprint density at radius 1 is 0.923 bits per heavy atom. The van der Waals surface area contributed by atoms with Gasteiger partial charge in [-0.25, -0.2) is 4.98 Å². The van der Waals surface area contributed by atoms with Crippen LogP contribution in [-0.4, -0.2) is 58.8 Å². The van der Waals surface area contributed by atoms with E-state index in [1.807, 2.05) is 18.2 Å². The predicted molar refractivity (Wildman–Crippen MR) is 144 cm³/mol. The van der Waals surface area contributed by atoms with Crippen LogP contribution in [0.3, 0.4) is 0 Å². The fourth-order valence-electron chi connectivity index (χ4n) is 5.33. The molecule has 0 unspecified atom stereocenters. The number of thiazole rings is 1. The first-order chi connectivity index (χ1) is 18.8. The molecule has 5 rings (SSSR count). The van der Waals surface area contributed by atoms with Gasteiger partial charge in [0.05, 0.1) is 16.1 Å². The van der Waals surface area contributed by atoms with Crippen molar-refractivity contribution in [2.24, 2.45) is 0 Å². The third-order valence-corrected chi connectivity index (χ3v) is 8.53. The Balaban J connectivity index is 1.10. The lowest BCUT2D eigenvalue weighted by Crippen LogP contribution is -2.44. The molecule has 2 aromatic carbocycles. The molecule has 2 amide bonds. The molecule has 3 aromatic rings. The Hall–Kier alpha value is -3.24. The highest BCUT2D eigenvalue weighted by molar-refractivity contribution is 7.09. The summed E-state index contributed by atoms with van der Waals surface area (Å²) in [5.74, 6) is -0.703. The van der Waals surface area contributed by atoms with Gasteiger partial charge < -0.3 is 10.2 Å². The second-order valence-corrected chi connectivity index (χ2v) is 11.1. The van der Waals surface area contributed by atoms with Crippen molar-refractivity contribution in [1.82, 2.24) is 20.1 Å². The van der Waals surface area contributed by atoms with E-state index in [4.69, 9.17) is 0 Å². The molecule has 0 atom stereocenters. The third-order valence-electron chi connectivity index (χ3n) is 7.52. The molecule has 2 aliphatic rings. The van der Waals surface area contributed by atoms with E-state index in [0.717, 1.165) is 43.5 Å². The molecule has 6 nitrogen and oxygen atoms in total. The maximum Gasteiger partial charge on any atom is 0.417 e. The maximum absolute atomic E-state index is 13.4. The fraction of sp³-hybridized carbons (Fsp3) is 0.414. The van der Waals surface area contributed by atoms with E-state index >= 15 is 0 Å². The molecule has 0 aliphatic carbocycles. The molecular formula is C29H31F3N4O2S. The number of alkyl halides is 3. The van der Waals surface area contributed by atoms with Crippen LogP contribution in [0.5, 0.6) is 0 Å². The summed E-state index contributed by atoms with van der Waals surface area (Å²) in [6, 6.07) is 15.4. The molecule has 1 N–H and O–H groups in total. The van der Waals surface area contributed by atoms with Gasteiger partial charge >= 0.3 is 6.18 Å². The van der Waals surface area contributed by atoms with Gasteiger partial charge in [0.15, 0.2) is 0 Å². The molecule has 0 bridgehead atoms. The van der Waals surface area contributed by atoms with Crippen LogP contribution in [0.2, 0.25) is 0 Å². The van der Waals surface area contributed by atoms with Crippen molar-refractivity contribution in [3.63, 3.8) is 0 Å². The van der Waals surface area contributed by atoms with Gasteiger partial charge in [0.1, 0.15) is 5.69 Å². The highest BCUT2D eigenvalue weighted by Gasteiger charge is 2.37. The highest BCUT2D eigenvalue weighted by atomic mass is 32.1. The SMILES string of the molecule is O=C(NC1CCN(Cc2ccccc2)CC1)c1csc(C2CCN(C(=O)c3ccccc3C(F)(F)F)CC2)n1. The van der Waals surface area contributed by atoms with Crippen LogP contribution < -0.4 is 5.32 Å². The van der Waals surface area contributed by atoms with Gasteiger partial charge in [0, 0.05) is 50.1 Å². The lowest BCUT2D eigenvalue weighted by molar-refractivity contribution is -0.138. The second kappa shape index (κ2) is 11.9. The van der Waals surface area contributed by atoms with Gasteiger partial charge in [-0.2, -0.15) is 13.2 Å². The molecule has 2 fully saturated rings. The van der Waals surface area contributed by atoms with Crippen molar-refractivity contribution >= 4 is 23.2 Å². The average Bonchev–Trinajstić information content (AvgIpc) is 3.45. The van der Waals surface area contributed by atoms with Crippen LogP contribution in [0.4, 0.5) is 13.2 Å². The monoisotopic (exact) mass is 556 g/mol. The molecule has 0 radical (unpaired) electrons. The van der Waals surface area contributed by atoms with E-state index in [9.17, 15) is 22.8 Å². The zero-order valence-electron chi connectivity index (χ0n) is 21.5. The van der Waals surface area contributed by atoms with Crippen LogP contribution in [0, 0.1) is 0 Å². The first kappa shape index (κ1) is 27.3. The Kier molecular flexibility index (Phi) is 8.32. The Morgan fingerprint density at radius 2 is 1.59 bits per heavy atom. The number of hydrogen-bond acceptors (Lipinski definition) is 5. The van der Waals surface area contributed by atoms with Crippen LogP contribution >= 0.6 is 11.3 Å². The molecule has 1 aromatic heterocycles. The molecule has 39 heavy (non-hydrogen) atoms. The largest absolute Gasteiger partial charge is 0.417 e. The van der Waals surface area contributed by atoms with E-state index in [1.54, 1.807) is 5.38 Å². The number of halogens is 3. The quantitative estimate of drug-likeness (QED) is 0.431. The second-order valence-electron chi connectivity index (χ2n) is 10.2. The van der Waals surface area contributed by atoms with Gasteiger partial charge in [-0.15, -0.1) is 11.3 Å². The van der Waals surface area contributed by atoms with E-state index in [-0.39, 0.29) is 23.4 Å². The molecule has 206 valence electrons. The minimum absolute atomic E-state index is 0.0692. The Morgan fingerprint density at radius 3 is 2.28 bits per heavy atom. The topological polar surface area (TPSA) is 65.5 Å². The van der Waals surface area contributed by atoms with E-state index < -0.39 is 17.6 Å². The molecule has 0 saturated carbocycles. The number of benzene rings is 2. The Bertz CT molecular complexity index is 1280. The standard InChI is InChI=1S/C29H31F3N4O2S/c30-29(31,32)24-9-5-4-8-23(24)28(38)36-16-10-21(11-17-36)27-34-25(19-39-27)26(37)33-22-12-14-35(15-13-22)18-20-6-2-1-3-7-20/h1-9,19,21-22H,10-18H2,(H,33,37). The number of hydrogen-bond donors (Lipinski definition) is 1. The lowest BCUT2D eigenvalue weighted by atomic mass is 9.96. The van der Waals surface area contributed by atoms with Crippen molar-refractivity contribution in [3.05, 3.63) is 87.4 Å². The van der Waals surface area contributed by atoms with E-state index in [0.29, 0.717) is 31.6 Å². The van der Waals surface area contributed by atoms with Crippen LogP contribution in [-0.2, 0) is 12.7 Å². The van der Waals surface area contributed by atoms with Gasteiger partial charge in [0.25, 0.3) is 11.8 Å². The number of nitrogens with zero attached hydrogens (tertiary/aromatic N) is 3. The number of amides is 2. The first-order valence-electron chi connectivity index (χ1n) is 13.3. The van der Waals surface area contributed by atoms with E-state index in [2.05, 4.69) is 27.3 Å². The molecular weight excluding hydrogens is 525 g/mol. The number of carbonyl (C=O) groups is 2. The van der Waals surface area contributed by atoms with Crippen molar-refractivity contribution in [1.29, 1.82) is 0 Å². The van der Waals surface area contributed by atoms with Crippen LogP contribution in [0.15, 0.2) is 60.0 Å². The first-order valence-corrected chi connectivity index (χ1v) is 14.1. The number of aromatic nitrogens is 1. The van der Waals surface area contributed by atoms with Crippen molar-refractivity contribution in [3.8, 4) is 0 Å². The molecule has 2 aliphatic heterocycles. The summed E-state index contributed by atoms with van der Waals surface area (Å²) >= 11 is 1.43. The molecule has 0 spiro atoms. The normalized spacial score (nSPS) is 17.8. The summed E-state index contributed by atoms with van der Waals surface area (Å²) in [6.07, 6.45) is -1.62. The summed E-state index contributed by atoms with van der Waals surface area (Å²) in [5.41, 5.74) is 0.466. The summed E-state index contributed by atoms with van der Waals surface area (Å²) in [4.78, 5) is 34.2. The smallest absolute Gasteiger partial charge is 0.348 e. The summed E-state index contributed by atoms with van der Waals surface area (Å²) in [6.45, 7) is 3.45. The number of rotatable bonds is 6. The molecule has 2 saturated heterocycles. The number of likely N-dealkylation sites (tertiary alicyclic amines) is 2. The fourth-order valence-corrected chi connectivity index (χ4v) is 6.30. The minimum atomic E-state index is -4.58. The van der Waals surface area contributed by atoms with Crippen LogP contribution in [0.1, 0.15) is 68.6 Å². The summed E-state index contributed by atoms with van der Waals surface area (Å²) < 4.78 is 40.1. The lowest BCUT2D eigenvalue weighted by Gasteiger charge is -2.32. The van der Waals surface area contributed by atoms with Gasteiger partial charge in [-0.1, -0.05) is 42.5 Å². The average molecular weight is 557 g/mol. The van der Waals surface area contributed by atoms with Gasteiger partial charge in [-0.3, -0.25) is 14.5 Å². The van der Waals surface area contributed by atoms with Crippen molar-refractivity contribution in [2.75, 3.05) is 26.2 Å². The maximum atomic E-state index is 13.4.